The summed E-state index contributed by atoms with van der Waals surface area (Å²) in [6.07, 6.45) is 2.90. The standard InChI is InChI=1S/C9H19NO3S/c1-7(2)14(12,13)10-8-5-3-4-6-9(8)11/h7-11H,3-6H2,1-2H3/t8-,9-/m0/s1. The summed E-state index contributed by atoms with van der Waals surface area (Å²) in [7, 11) is -3.24. The summed E-state index contributed by atoms with van der Waals surface area (Å²) in [4.78, 5) is 0. The van der Waals surface area contributed by atoms with Crippen molar-refractivity contribution in [3.63, 3.8) is 0 Å². The second-order valence-corrected chi connectivity index (χ2v) is 6.44. The highest BCUT2D eigenvalue weighted by Gasteiger charge is 2.28. The van der Waals surface area contributed by atoms with Crippen LogP contribution in [0.25, 0.3) is 0 Å². The number of hydrogen-bond donors (Lipinski definition) is 2. The summed E-state index contributed by atoms with van der Waals surface area (Å²) in [5.74, 6) is 0. The van der Waals surface area contributed by atoms with Crippen LogP contribution in [0.2, 0.25) is 0 Å². The van der Waals surface area contributed by atoms with Crippen molar-refractivity contribution < 1.29 is 13.5 Å². The van der Waals surface area contributed by atoms with Crippen molar-refractivity contribution in [1.29, 1.82) is 0 Å². The van der Waals surface area contributed by atoms with Gasteiger partial charge in [-0.25, -0.2) is 13.1 Å². The zero-order valence-corrected chi connectivity index (χ0v) is 9.55. The average Bonchev–Trinajstić information content (AvgIpc) is 2.08. The van der Waals surface area contributed by atoms with Crippen molar-refractivity contribution in [2.45, 2.75) is 56.9 Å². The van der Waals surface area contributed by atoms with E-state index in [-0.39, 0.29) is 6.04 Å². The zero-order valence-electron chi connectivity index (χ0n) is 8.73. The van der Waals surface area contributed by atoms with Gasteiger partial charge in [-0.15, -0.1) is 0 Å². The third-order valence-electron chi connectivity index (χ3n) is 2.67. The van der Waals surface area contributed by atoms with Crippen LogP contribution >= 0.6 is 0 Å². The van der Waals surface area contributed by atoms with E-state index in [4.69, 9.17) is 0 Å². The molecule has 1 rings (SSSR count). The van der Waals surface area contributed by atoms with Gasteiger partial charge in [-0.1, -0.05) is 12.8 Å². The van der Waals surface area contributed by atoms with Crippen LogP contribution in [-0.2, 0) is 10.0 Å². The van der Waals surface area contributed by atoms with Crippen LogP contribution < -0.4 is 4.72 Å². The van der Waals surface area contributed by atoms with Crippen molar-refractivity contribution in [3.8, 4) is 0 Å². The number of hydrogen-bond acceptors (Lipinski definition) is 3. The molecule has 0 radical (unpaired) electrons. The third-order valence-corrected chi connectivity index (χ3v) is 4.54. The van der Waals surface area contributed by atoms with Crippen LogP contribution in [0.3, 0.4) is 0 Å². The van der Waals surface area contributed by atoms with Gasteiger partial charge in [0.15, 0.2) is 0 Å². The number of rotatable bonds is 3. The lowest BCUT2D eigenvalue weighted by atomic mass is 9.93. The van der Waals surface area contributed by atoms with E-state index in [1.807, 2.05) is 0 Å². The highest BCUT2D eigenvalue weighted by Crippen LogP contribution is 2.19. The largest absolute Gasteiger partial charge is 0.391 e. The molecule has 1 aliphatic rings. The average molecular weight is 221 g/mol. The molecule has 1 aliphatic carbocycles. The molecule has 14 heavy (non-hydrogen) atoms. The molecular weight excluding hydrogens is 202 g/mol. The first-order chi connectivity index (χ1) is 6.43. The second kappa shape index (κ2) is 4.59. The number of nitrogens with one attached hydrogen (secondary N) is 1. The maximum Gasteiger partial charge on any atom is 0.214 e. The Kier molecular flexibility index (Phi) is 3.92. The predicted octanol–water partition coefficient (Wildman–Crippen LogP) is 0.618. The quantitative estimate of drug-likeness (QED) is 0.734. The van der Waals surface area contributed by atoms with E-state index < -0.39 is 21.4 Å². The summed E-state index contributed by atoms with van der Waals surface area (Å²) in [6, 6.07) is -0.281. The topological polar surface area (TPSA) is 66.4 Å². The SMILES string of the molecule is CC(C)S(=O)(=O)N[C@H]1CCCC[C@@H]1O. The smallest absolute Gasteiger partial charge is 0.214 e. The Hall–Kier alpha value is -0.130. The Balaban J connectivity index is 2.58. The zero-order chi connectivity index (χ0) is 10.8. The fourth-order valence-corrected chi connectivity index (χ4v) is 2.56. The van der Waals surface area contributed by atoms with Crippen molar-refractivity contribution in [2.75, 3.05) is 0 Å². The Bertz CT molecular complexity index is 274. The van der Waals surface area contributed by atoms with E-state index in [0.29, 0.717) is 6.42 Å². The molecule has 0 aromatic heterocycles. The van der Waals surface area contributed by atoms with Crippen LogP contribution in [0, 0.1) is 0 Å². The Morgan fingerprint density at radius 3 is 2.36 bits per heavy atom. The first-order valence-corrected chi connectivity index (χ1v) is 6.67. The molecule has 0 saturated heterocycles. The van der Waals surface area contributed by atoms with Crippen LogP contribution in [-0.4, -0.2) is 30.9 Å². The van der Waals surface area contributed by atoms with Crippen LogP contribution in [0.15, 0.2) is 0 Å². The van der Waals surface area contributed by atoms with Gasteiger partial charge in [-0.05, 0) is 26.7 Å². The molecule has 1 saturated carbocycles. The lowest BCUT2D eigenvalue weighted by Crippen LogP contribution is -2.47. The van der Waals surface area contributed by atoms with Gasteiger partial charge < -0.3 is 5.11 Å². The number of sulfonamides is 1. The van der Waals surface area contributed by atoms with E-state index in [1.165, 1.54) is 0 Å². The van der Waals surface area contributed by atoms with Crippen molar-refractivity contribution in [2.24, 2.45) is 0 Å². The lowest BCUT2D eigenvalue weighted by Gasteiger charge is -2.28. The molecule has 0 unspecified atom stereocenters. The summed E-state index contributed by atoms with van der Waals surface area (Å²) in [5, 5.41) is 9.15. The highest BCUT2D eigenvalue weighted by molar-refractivity contribution is 7.90. The third kappa shape index (κ3) is 2.93. The Labute approximate surface area is 85.8 Å². The molecule has 5 heteroatoms. The molecule has 0 spiro atoms. The van der Waals surface area contributed by atoms with Crippen LogP contribution in [0.4, 0.5) is 0 Å². The molecule has 0 aromatic carbocycles. The molecule has 0 heterocycles. The highest BCUT2D eigenvalue weighted by atomic mass is 32.2. The van der Waals surface area contributed by atoms with Crippen molar-refractivity contribution in [1.82, 2.24) is 4.72 Å². The Morgan fingerprint density at radius 2 is 1.86 bits per heavy atom. The van der Waals surface area contributed by atoms with E-state index in [9.17, 15) is 13.5 Å². The lowest BCUT2D eigenvalue weighted by molar-refractivity contribution is 0.101. The minimum atomic E-state index is -3.24. The summed E-state index contributed by atoms with van der Waals surface area (Å²) in [6.45, 7) is 3.27. The summed E-state index contributed by atoms with van der Waals surface area (Å²) in [5.41, 5.74) is 0. The van der Waals surface area contributed by atoms with Gasteiger partial charge >= 0.3 is 0 Å². The van der Waals surface area contributed by atoms with Gasteiger partial charge in [-0.3, -0.25) is 0 Å². The molecule has 2 N–H and O–H groups in total. The maximum absolute atomic E-state index is 11.5. The second-order valence-electron chi connectivity index (χ2n) is 4.17. The molecule has 0 aliphatic heterocycles. The van der Waals surface area contributed by atoms with E-state index in [0.717, 1.165) is 19.3 Å². The number of aliphatic hydroxyl groups excluding tert-OH is 1. The minimum absolute atomic E-state index is 0.281. The van der Waals surface area contributed by atoms with Crippen molar-refractivity contribution in [3.05, 3.63) is 0 Å². The first-order valence-electron chi connectivity index (χ1n) is 5.12. The molecule has 0 bridgehead atoms. The fraction of sp³-hybridized carbons (Fsp3) is 1.00. The predicted molar refractivity (Wildman–Crippen MR) is 55.5 cm³/mol. The van der Waals surface area contributed by atoms with E-state index >= 15 is 0 Å². The van der Waals surface area contributed by atoms with Gasteiger partial charge in [0.25, 0.3) is 0 Å². The molecule has 1 fully saturated rings. The van der Waals surface area contributed by atoms with Gasteiger partial charge in [0, 0.05) is 6.04 Å². The van der Waals surface area contributed by atoms with Crippen molar-refractivity contribution >= 4 is 10.0 Å². The maximum atomic E-state index is 11.5. The van der Waals surface area contributed by atoms with Gasteiger partial charge in [0.05, 0.1) is 11.4 Å². The normalized spacial score (nSPS) is 29.4. The monoisotopic (exact) mass is 221 g/mol. The fourth-order valence-electron chi connectivity index (χ4n) is 1.60. The first kappa shape index (κ1) is 11.9. The molecular formula is C9H19NO3S. The number of aliphatic hydroxyl groups is 1. The molecule has 0 amide bonds. The van der Waals surface area contributed by atoms with Gasteiger partial charge in [-0.2, -0.15) is 0 Å². The van der Waals surface area contributed by atoms with E-state index in [2.05, 4.69) is 4.72 Å². The van der Waals surface area contributed by atoms with Crippen LogP contribution in [0.5, 0.6) is 0 Å². The molecule has 2 atom stereocenters. The van der Waals surface area contributed by atoms with Gasteiger partial charge in [0.2, 0.25) is 10.0 Å². The molecule has 84 valence electrons. The Morgan fingerprint density at radius 1 is 1.29 bits per heavy atom. The van der Waals surface area contributed by atoms with E-state index in [1.54, 1.807) is 13.8 Å². The summed E-state index contributed by atoms with van der Waals surface area (Å²) >= 11 is 0. The molecule has 0 aromatic rings. The summed E-state index contributed by atoms with van der Waals surface area (Å²) < 4.78 is 25.6. The van der Waals surface area contributed by atoms with Crippen LogP contribution in [0.1, 0.15) is 39.5 Å². The van der Waals surface area contributed by atoms with Gasteiger partial charge in [0.1, 0.15) is 0 Å². The minimum Gasteiger partial charge on any atom is -0.391 e. The molecule has 4 nitrogen and oxygen atoms in total.